The van der Waals surface area contributed by atoms with E-state index in [2.05, 4.69) is 4.90 Å². The third-order valence-corrected chi connectivity index (χ3v) is 9.91. The van der Waals surface area contributed by atoms with Gasteiger partial charge in [-0.2, -0.15) is 0 Å². The Bertz CT molecular complexity index is 1280. The molecule has 226 valence electrons. The van der Waals surface area contributed by atoms with Crippen molar-refractivity contribution < 1.29 is 37.3 Å². The highest BCUT2D eigenvalue weighted by Crippen LogP contribution is 2.50. The number of likely N-dealkylation sites (tertiary alicyclic amines) is 1. The smallest absolute Gasteiger partial charge is 0.309 e. The minimum Gasteiger partial charge on any atom is -0.497 e. The molecular formula is C30H42N2O8S. The van der Waals surface area contributed by atoms with Gasteiger partial charge in [0.1, 0.15) is 5.75 Å². The maximum Gasteiger partial charge on any atom is 0.309 e. The summed E-state index contributed by atoms with van der Waals surface area (Å²) in [6, 6.07) is 10.6. The third-order valence-electron chi connectivity index (χ3n) is 7.96. The van der Waals surface area contributed by atoms with Crippen LogP contribution in [0, 0.1) is 5.92 Å². The monoisotopic (exact) mass is 590 g/mol. The first kappa shape index (κ1) is 30.9. The number of aliphatic carboxylic acids is 1. The van der Waals surface area contributed by atoms with E-state index in [1.54, 1.807) is 18.5 Å². The molecule has 0 bridgehead atoms. The van der Waals surface area contributed by atoms with Gasteiger partial charge in [-0.1, -0.05) is 38.8 Å². The number of carboxylic acid groups (broad SMARTS) is 1. The highest BCUT2D eigenvalue weighted by Gasteiger charge is 2.48. The first-order valence-corrected chi connectivity index (χ1v) is 15.9. The summed E-state index contributed by atoms with van der Waals surface area (Å²) in [5.74, 6) is 0.203. The second-order valence-electron chi connectivity index (χ2n) is 10.6. The summed E-state index contributed by atoms with van der Waals surface area (Å²) in [4.78, 5) is 15.0. The molecule has 0 aliphatic carbocycles. The number of ether oxygens (including phenoxy) is 4. The van der Waals surface area contributed by atoms with Crippen molar-refractivity contribution in [3.63, 3.8) is 0 Å². The van der Waals surface area contributed by atoms with Crippen LogP contribution in [0.2, 0.25) is 0 Å². The molecule has 10 nitrogen and oxygen atoms in total. The summed E-state index contributed by atoms with van der Waals surface area (Å²) in [5, 5.41) is 10.6. The Kier molecular flexibility index (Phi) is 10.4. The van der Waals surface area contributed by atoms with Crippen LogP contribution in [0.3, 0.4) is 0 Å². The lowest BCUT2D eigenvalue weighted by Crippen LogP contribution is -2.40. The summed E-state index contributed by atoms with van der Waals surface area (Å²) in [5.41, 5.74) is 1.61. The van der Waals surface area contributed by atoms with Gasteiger partial charge < -0.3 is 24.1 Å². The van der Waals surface area contributed by atoms with E-state index in [1.807, 2.05) is 50.2 Å². The SMILES string of the molecule is CCCCCS(=O)(=O)N(CCC)CCN1C[C@H](c2cc(OC)c3c(c2)OCO3)[C@@H](C(=O)O)[C@@H]1c1ccc(OC)cc1. The van der Waals surface area contributed by atoms with Gasteiger partial charge in [0.2, 0.25) is 22.6 Å². The second kappa shape index (κ2) is 13.8. The van der Waals surface area contributed by atoms with Crippen molar-refractivity contribution >= 4 is 16.0 Å². The number of hydrogen-bond acceptors (Lipinski definition) is 8. The molecule has 41 heavy (non-hydrogen) atoms. The van der Waals surface area contributed by atoms with Crippen LogP contribution in [-0.4, -0.2) is 81.6 Å². The van der Waals surface area contributed by atoms with E-state index in [1.165, 1.54) is 0 Å². The van der Waals surface area contributed by atoms with E-state index >= 15 is 0 Å². The van der Waals surface area contributed by atoms with Crippen LogP contribution in [0.15, 0.2) is 36.4 Å². The minimum absolute atomic E-state index is 0.0722. The number of nitrogens with zero attached hydrogens (tertiary/aromatic N) is 2. The lowest BCUT2D eigenvalue weighted by molar-refractivity contribution is -0.143. The minimum atomic E-state index is -3.42. The van der Waals surface area contributed by atoms with E-state index in [9.17, 15) is 18.3 Å². The fraction of sp³-hybridized carbons (Fsp3) is 0.567. The van der Waals surface area contributed by atoms with Crippen molar-refractivity contribution in [2.45, 2.75) is 51.5 Å². The topological polar surface area (TPSA) is 115 Å². The molecule has 0 amide bonds. The fourth-order valence-corrected chi connectivity index (χ4v) is 7.55. The summed E-state index contributed by atoms with van der Waals surface area (Å²) >= 11 is 0. The van der Waals surface area contributed by atoms with E-state index in [0.29, 0.717) is 62.0 Å². The van der Waals surface area contributed by atoms with Crippen LogP contribution in [0.25, 0.3) is 0 Å². The van der Waals surface area contributed by atoms with Crippen molar-refractivity contribution in [1.29, 1.82) is 0 Å². The molecule has 4 rings (SSSR count). The number of sulfonamides is 1. The Balaban J connectivity index is 1.68. The van der Waals surface area contributed by atoms with Crippen molar-refractivity contribution in [3.05, 3.63) is 47.5 Å². The largest absolute Gasteiger partial charge is 0.497 e. The number of benzene rings is 2. The maximum atomic E-state index is 13.2. The number of unbranched alkanes of at least 4 members (excludes halogenated alkanes) is 2. The maximum absolute atomic E-state index is 13.2. The average molecular weight is 591 g/mol. The van der Waals surface area contributed by atoms with E-state index < -0.39 is 33.9 Å². The van der Waals surface area contributed by atoms with Crippen LogP contribution in [-0.2, 0) is 14.8 Å². The number of carbonyl (C=O) groups is 1. The van der Waals surface area contributed by atoms with Crippen molar-refractivity contribution in [2.75, 3.05) is 52.9 Å². The highest BCUT2D eigenvalue weighted by atomic mass is 32.2. The predicted octanol–water partition coefficient (Wildman–Crippen LogP) is 4.51. The Morgan fingerprint density at radius 3 is 2.41 bits per heavy atom. The van der Waals surface area contributed by atoms with Crippen molar-refractivity contribution in [2.24, 2.45) is 5.92 Å². The Morgan fingerprint density at radius 2 is 1.78 bits per heavy atom. The molecule has 2 aliphatic heterocycles. The molecule has 2 heterocycles. The molecule has 0 spiro atoms. The molecule has 0 aromatic heterocycles. The molecule has 0 saturated carbocycles. The van der Waals surface area contributed by atoms with Gasteiger partial charge in [-0.3, -0.25) is 9.69 Å². The molecule has 0 radical (unpaired) electrons. The molecule has 1 fully saturated rings. The standard InChI is InChI=1S/C30H42N2O8S/c1-5-7-8-16-41(35,36)32(13-6-2)15-14-31-19-24(22-17-25(38-4)29-26(18-22)39-20-40-29)27(30(33)34)28(31)21-9-11-23(37-3)12-10-21/h9-12,17-18,24,27-28H,5-8,13-16,19-20H2,1-4H3,(H,33,34)/t24-,27-,28+/m1/s1. The fourth-order valence-electron chi connectivity index (χ4n) is 5.90. The molecule has 2 aromatic carbocycles. The van der Waals surface area contributed by atoms with Gasteiger partial charge in [-0.05, 0) is 48.2 Å². The van der Waals surface area contributed by atoms with Crippen LogP contribution in [0.1, 0.15) is 62.6 Å². The van der Waals surface area contributed by atoms with E-state index in [0.717, 1.165) is 24.0 Å². The summed E-state index contributed by atoms with van der Waals surface area (Å²) in [7, 11) is -0.296. The molecule has 3 atom stereocenters. The molecule has 2 aromatic rings. The highest BCUT2D eigenvalue weighted by molar-refractivity contribution is 7.89. The van der Waals surface area contributed by atoms with Gasteiger partial charge in [-0.15, -0.1) is 0 Å². The first-order chi connectivity index (χ1) is 19.7. The predicted molar refractivity (Wildman–Crippen MR) is 155 cm³/mol. The number of rotatable bonds is 15. The van der Waals surface area contributed by atoms with E-state index in [-0.39, 0.29) is 12.5 Å². The number of hydrogen-bond donors (Lipinski definition) is 1. The first-order valence-electron chi connectivity index (χ1n) is 14.3. The zero-order valence-electron chi connectivity index (χ0n) is 24.4. The van der Waals surface area contributed by atoms with Gasteiger partial charge in [-0.25, -0.2) is 12.7 Å². The Hall–Kier alpha value is -3.02. The lowest BCUT2D eigenvalue weighted by atomic mass is 9.82. The quantitative estimate of drug-likeness (QED) is 0.299. The molecule has 0 unspecified atom stereocenters. The van der Waals surface area contributed by atoms with Crippen LogP contribution >= 0.6 is 0 Å². The summed E-state index contributed by atoms with van der Waals surface area (Å²) < 4.78 is 50.1. The Labute approximate surface area is 243 Å². The van der Waals surface area contributed by atoms with Gasteiger partial charge in [0, 0.05) is 38.1 Å². The average Bonchev–Trinajstić information content (AvgIpc) is 3.60. The number of methoxy groups -OCH3 is 2. The van der Waals surface area contributed by atoms with Crippen LogP contribution in [0.4, 0.5) is 0 Å². The summed E-state index contributed by atoms with van der Waals surface area (Å²) in [6.45, 7) is 5.63. The molecule has 1 saturated heterocycles. The van der Waals surface area contributed by atoms with Crippen molar-refractivity contribution in [1.82, 2.24) is 9.21 Å². The van der Waals surface area contributed by atoms with Gasteiger partial charge >= 0.3 is 5.97 Å². The second-order valence-corrected chi connectivity index (χ2v) is 12.7. The zero-order valence-corrected chi connectivity index (χ0v) is 25.2. The zero-order chi connectivity index (χ0) is 29.6. The third kappa shape index (κ3) is 6.90. The number of carboxylic acids is 1. The normalized spacial score (nSPS) is 20.5. The van der Waals surface area contributed by atoms with Gasteiger partial charge in [0.25, 0.3) is 0 Å². The Morgan fingerprint density at radius 1 is 1.02 bits per heavy atom. The molecular weight excluding hydrogens is 548 g/mol. The van der Waals surface area contributed by atoms with Gasteiger partial charge in [0.05, 0.1) is 25.9 Å². The lowest BCUT2D eigenvalue weighted by Gasteiger charge is -2.30. The van der Waals surface area contributed by atoms with E-state index in [4.69, 9.17) is 18.9 Å². The van der Waals surface area contributed by atoms with Crippen molar-refractivity contribution in [3.8, 4) is 23.0 Å². The van der Waals surface area contributed by atoms with Crippen LogP contribution < -0.4 is 18.9 Å². The molecule has 11 heteroatoms. The molecule has 2 aliphatic rings. The van der Waals surface area contributed by atoms with Crippen LogP contribution in [0.5, 0.6) is 23.0 Å². The molecule has 1 N–H and O–H groups in total. The summed E-state index contributed by atoms with van der Waals surface area (Å²) in [6.07, 6.45) is 3.15. The van der Waals surface area contributed by atoms with Gasteiger partial charge in [0.15, 0.2) is 11.5 Å². The number of fused-ring (bicyclic) bond motifs is 1.